The fourth-order valence-corrected chi connectivity index (χ4v) is 2.21. The predicted octanol–water partition coefficient (Wildman–Crippen LogP) is 2.42. The van der Waals surface area contributed by atoms with E-state index < -0.39 is 24.3 Å². The van der Waals surface area contributed by atoms with Crippen molar-refractivity contribution in [3.05, 3.63) is 58.6 Å². The SMILES string of the molecule is COc1ccccc1C(=O)Nc1cc(C(=O)NCC(=O)O)ccc1Cl. The summed E-state index contributed by atoms with van der Waals surface area (Å²) in [4.78, 5) is 34.8. The maximum Gasteiger partial charge on any atom is 0.322 e. The number of carbonyl (C=O) groups is 3. The lowest BCUT2D eigenvalue weighted by Crippen LogP contribution is -2.29. The quantitative estimate of drug-likeness (QED) is 0.732. The number of benzene rings is 2. The van der Waals surface area contributed by atoms with E-state index in [9.17, 15) is 14.4 Å². The number of anilines is 1. The van der Waals surface area contributed by atoms with Crippen molar-refractivity contribution in [3.8, 4) is 5.75 Å². The molecule has 0 atom stereocenters. The Morgan fingerprint density at radius 3 is 2.52 bits per heavy atom. The van der Waals surface area contributed by atoms with Crippen LogP contribution in [0, 0.1) is 0 Å². The van der Waals surface area contributed by atoms with Crippen LogP contribution in [0.3, 0.4) is 0 Å². The third-order valence-electron chi connectivity index (χ3n) is 3.23. The molecular weight excluding hydrogens is 348 g/mol. The summed E-state index contributed by atoms with van der Waals surface area (Å²) in [6.45, 7) is -0.510. The van der Waals surface area contributed by atoms with Crippen LogP contribution in [0.5, 0.6) is 5.75 Å². The molecule has 0 spiro atoms. The van der Waals surface area contributed by atoms with Crippen molar-refractivity contribution in [2.45, 2.75) is 0 Å². The number of ether oxygens (including phenoxy) is 1. The van der Waals surface area contributed by atoms with Crippen LogP contribution in [0.25, 0.3) is 0 Å². The van der Waals surface area contributed by atoms with Crippen molar-refractivity contribution >= 4 is 35.1 Å². The molecule has 2 rings (SSSR count). The number of carbonyl (C=O) groups excluding carboxylic acids is 2. The molecule has 25 heavy (non-hydrogen) atoms. The van der Waals surface area contributed by atoms with E-state index in [2.05, 4.69) is 10.6 Å². The van der Waals surface area contributed by atoms with E-state index in [-0.39, 0.29) is 16.3 Å². The third-order valence-corrected chi connectivity index (χ3v) is 3.56. The van der Waals surface area contributed by atoms with Gasteiger partial charge in [0.1, 0.15) is 12.3 Å². The molecule has 2 aromatic rings. The van der Waals surface area contributed by atoms with Gasteiger partial charge < -0.3 is 20.5 Å². The highest BCUT2D eigenvalue weighted by Crippen LogP contribution is 2.25. The minimum Gasteiger partial charge on any atom is -0.496 e. The fourth-order valence-electron chi connectivity index (χ4n) is 2.04. The van der Waals surface area contributed by atoms with E-state index in [1.54, 1.807) is 24.3 Å². The van der Waals surface area contributed by atoms with E-state index >= 15 is 0 Å². The highest BCUT2D eigenvalue weighted by molar-refractivity contribution is 6.34. The number of halogens is 1. The normalized spacial score (nSPS) is 10.0. The number of methoxy groups -OCH3 is 1. The largest absolute Gasteiger partial charge is 0.496 e. The molecule has 7 nitrogen and oxygen atoms in total. The number of hydrogen-bond acceptors (Lipinski definition) is 4. The van der Waals surface area contributed by atoms with Crippen LogP contribution in [0.15, 0.2) is 42.5 Å². The highest BCUT2D eigenvalue weighted by atomic mass is 35.5. The van der Waals surface area contributed by atoms with E-state index in [1.807, 2.05) is 0 Å². The molecule has 2 amide bonds. The Hall–Kier alpha value is -3.06. The molecule has 0 radical (unpaired) electrons. The Kier molecular flexibility index (Phi) is 5.97. The van der Waals surface area contributed by atoms with Crippen LogP contribution in [0.2, 0.25) is 5.02 Å². The van der Waals surface area contributed by atoms with Crippen LogP contribution in [0.1, 0.15) is 20.7 Å². The van der Waals surface area contributed by atoms with Crippen molar-refractivity contribution in [1.29, 1.82) is 0 Å². The molecule has 0 aliphatic heterocycles. The molecule has 0 unspecified atom stereocenters. The van der Waals surface area contributed by atoms with Crippen molar-refractivity contribution in [2.24, 2.45) is 0 Å². The zero-order chi connectivity index (χ0) is 18.4. The number of para-hydroxylation sites is 1. The van der Waals surface area contributed by atoms with Gasteiger partial charge in [0.2, 0.25) is 0 Å². The van der Waals surface area contributed by atoms with Crippen LogP contribution >= 0.6 is 11.6 Å². The van der Waals surface area contributed by atoms with E-state index in [4.69, 9.17) is 21.4 Å². The summed E-state index contributed by atoms with van der Waals surface area (Å²) >= 11 is 6.06. The summed E-state index contributed by atoms with van der Waals surface area (Å²) in [6.07, 6.45) is 0. The molecule has 2 aromatic carbocycles. The van der Waals surface area contributed by atoms with Gasteiger partial charge in [-0.15, -0.1) is 0 Å². The third kappa shape index (κ3) is 4.71. The number of hydrogen-bond donors (Lipinski definition) is 3. The minimum absolute atomic E-state index is 0.168. The average molecular weight is 363 g/mol. The second-order valence-electron chi connectivity index (χ2n) is 4.93. The number of carboxylic acid groups (broad SMARTS) is 1. The average Bonchev–Trinajstić information content (AvgIpc) is 2.61. The molecule has 0 heterocycles. The summed E-state index contributed by atoms with van der Waals surface area (Å²) in [5.41, 5.74) is 0.698. The number of carboxylic acids is 1. The Bertz CT molecular complexity index is 822. The molecule has 0 aromatic heterocycles. The van der Waals surface area contributed by atoms with Gasteiger partial charge in [0, 0.05) is 5.56 Å². The molecule has 0 fully saturated rings. The maximum atomic E-state index is 12.4. The van der Waals surface area contributed by atoms with Gasteiger partial charge >= 0.3 is 5.97 Å². The molecule has 8 heteroatoms. The van der Waals surface area contributed by atoms with Gasteiger partial charge in [-0.1, -0.05) is 23.7 Å². The maximum absolute atomic E-state index is 12.4. The second kappa shape index (κ2) is 8.16. The van der Waals surface area contributed by atoms with Gasteiger partial charge in [-0.2, -0.15) is 0 Å². The number of aliphatic carboxylic acids is 1. The Labute approximate surface area is 148 Å². The van der Waals surface area contributed by atoms with E-state index in [1.165, 1.54) is 25.3 Å². The van der Waals surface area contributed by atoms with Gasteiger partial charge in [-0.05, 0) is 30.3 Å². The van der Waals surface area contributed by atoms with Gasteiger partial charge in [-0.25, -0.2) is 0 Å². The van der Waals surface area contributed by atoms with E-state index in [0.29, 0.717) is 11.3 Å². The Balaban J connectivity index is 2.21. The lowest BCUT2D eigenvalue weighted by Gasteiger charge is -2.11. The van der Waals surface area contributed by atoms with Crippen molar-refractivity contribution in [1.82, 2.24) is 5.32 Å². The predicted molar refractivity (Wildman–Crippen MR) is 92.4 cm³/mol. The van der Waals surface area contributed by atoms with Gasteiger partial charge in [0.25, 0.3) is 11.8 Å². The minimum atomic E-state index is -1.16. The number of rotatable bonds is 6. The zero-order valence-corrected chi connectivity index (χ0v) is 14.0. The first-order chi connectivity index (χ1) is 11.9. The first-order valence-electron chi connectivity index (χ1n) is 7.16. The van der Waals surface area contributed by atoms with Crippen molar-refractivity contribution in [3.63, 3.8) is 0 Å². The van der Waals surface area contributed by atoms with Gasteiger partial charge in [0.05, 0.1) is 23.4 Å². The van der Waals surface area contributed by atoms with Crippen LogP contribution in [-0.4, -0.2) is 36.5 Å². The van der Waals surface area contributed by atoms with Gasteiger partial charge in [-0.3, -0.25) is 14.4 Å². The molecule has 3 N–H and O–H groups in total. The summed E-state index contributed by atoms with van der Waals surface area (Å²) in [5.74, 6) is -1.81. The van der Waals surface area contributed by atoms with Crippen molar-refractivity contribution in [2.75, 3.05) is 19.0 Å². The topological polar surface area (TPSA) is 105 Å². The summed E-state index contributed by atoms with van der Waals surface area (Å²) in [6, 6.07) is 10.9. The lowest BCUT2D eigenvalue weighted by molar-refractivity contribution is -0.135. The van der Waals surface area contributed by atoms with Gasteiger partial charge in [0.15, 0.2) is 0 Å². The lowest BCUT2D eigenvalue weighted by atomic mass is 10.1. The van der Waals surface area contributed by atoms with Crippen molar-refractivity contribution < 1.29 is 24.2 Å². The first kappa shape index (κ1) is 18.3. The Morgan fingerprint density at radius 1 is 1.12 bits per heavy atom. The second-order valence-corrected chi connectivity index (χ2v) is 5.33. The molecule has 0 bridgehead atoms. The molecule has 0 saturated heterocycles. The molecule has 0 aliphatic rings. The summed E-state index contributed by atoms with van der Waals surface area (Å²) < 4.78 is 5.14. The monoisotopic (exact) mass is 362 g/mol. The summed E-state index contributed by atoms with van der Waals surface area (Å²) in [7, 11) is 1.45. The fraction of sp³-hybridized carbons (Fsp3) is 0.118. The molecule has 0 aliphatic carbocycles. The molecule has 0 saturated carbocycles. The van der Waals surface area contributed by atoms with Crippen LogP contribution < -0.4 is 15.4 Å². The Morgan fingerprint density at radius 2 is 1.84 bits per heavy atom. The molecule has 130 valence electrons. The number of nitrogens with one attached hydrogen (secondary N) is 2. The number of amides is 2. The zero-order valence-electron chi connectivity index (χ0n) is 13.2. The van der Waals surface area contributed by atoms with Crippen LogP contribution in [0.4, 0.5) is 5.69 Å². The van der Waals surface area contributed by atoms with Crippen LogP contribution in [-0.2, 0) is 4.79 Å². The smallest absolute Gasteiger partial charge is 0.322 e. The van der Waals surface area contributed by atoms with E-state index in [0.717, 1.165) is 0 Å². The standard InChI is InChI=1S/C17H15ClN2O5/c1-25-14-5-3-2-4-11(14)17(24)20-13-8-10(6-7-12(13)18)16(23)19-9-15(21)22/h2-8H,9H2,1H3,(H,19,23)(H,20,24)(H,21,22). The first-order valence-corrected chi connectivity index (χ1v) is 7.54. The summed E-state index contributed by atoms with van der Waals surface area (Å²) in [5, 5.41) is 13.7. The highest BCUT2D eigenvalue weighted by Gasteiger charge is 2.15. The molecular formula is C17H15ClN2O5.